The first-order valence-electron chi connectivity index (χ1n) is 2.22. The zero-order valence-corrected chi connectivity index (χ0v) is 5.96. The molecule has 1 aromatic rings. The van der Waals surface area contributed by atoms with Crippen molar-refractivity contribution in [3.63, 3.8) is 0 Å². The monoisotopic (exact) mass is 161 g/mol. The standard InChI is InChI=1S/C5H4ClNOS/c6-5(7)4-3(8)1-2-9-4/h1-2,7-8H. The van der Waals surface area contributed by atoms with E-state index in [0.717, 1.165) is 0 Å². The van der Waals surface area contributed by atoms with Crippen molar-refractivity contribution in [3.8, 4) is 5.75 Å². The fourth-order valence-electron chi connectivity index (χ4n) is 0.467. The minimum absolute atomic E-state index is 0.0833. The van der Waals surface area contributed by atoms with E-state index < -0.39 is 0 Å². The summed E-state index contributed by atoms with van der Waals surface area (Å²) in [5.41, 5.74) is 0. The number of halogens is 1. The van der Waals surface area contributed by atoms with Crippen LogP contribution in [-0.2, 0) is 0 Å². The second-order valence-electron chi connectivity index (χ2n) is 1.45. The van der Waals surface area contributed by atoms with Crippen LogP contribution in [-0.4, -0.2) is 10.3 Å². The highest BCUT2D eigenvalue weighted by Crippen LogP contribution is 2.24. The molecule has 1 aromatic heterocycles. The Bertz CT molecular complexity index is 233. The molecule has 0 bridgehead atoms. The molecule has 1 heterocycles. The van der Waals surface area contributed by atoms with Crippen LogP contribution in [0.1, 0.15) is 4.88 Å². The summed E-state index contributed by atoms with van der Waals surface area (Å²) in [4.78, 5) is 0.427. The Balaban J connectivity index is 3.08. The minimum Gasteiger partial charge on any atom is -0.506 e. The van der Waals surface area contributed by atoms with Gasteiger partial charge in [0, 0.05) is 0 Å². The van der Waals surface area contributed by atoms with E-state index in [1.165, 1.54) is 17.4 Å². The summed E-state index contributed by atoms with van der Waals surface area (Å²) in [6, 6.07) is 1.51. The first kappa shape index (κ1) is 6.58. The van der Waals surface area contributed by atoms with Crippen molar-refractivity contribution in [2.24, 2.45) is 0 Å². The maximum atomic E-state index is 8.91. The molecule has 1 rings (SSSR count). The van der Waals surface area contributed by atoms with Crippen molar-refractivity contribution in [2.45, 2.75) is 0 Å². The van der Waals surface area contributed by atoms with E-state index in [0.29, 0.717) is 4.88 Å². The van der Waals surface area contributed by atoms with E-state index in [4.69, 9.17) is 22.1 Å². The highest BCUT2D eigenvalue weighted by Gasteiger charge is 2.04. The molecule has 9 heavy (non-hydrogen) atoms. The zero-order chi connectivity index (χ0) is 6.85. The average molecular weight is 162 g/mol. The number of rotatable bonds is 1. The van der Waals surface area contributed by atoms with Crippen molar-refractivity contribution in [1.82, 2.24) is 0 Å². The summed E-state index contributed by atoms with van der Waals surface area (Å²) >= 11 is 6.53. The molecular weight excluding hydrogens is 158 g/mol. The van der Waals surface area contributed by atoms with Gasteiger partial charge in [0.05, 0.1) is 0 Å². The molecule has 0 aliphatic heterocycles. The Labute approximate surface area is 61.2 Å². The van der Waals surface area contributed by atoms with Crippen LogP contribution in [0.3, 0.4) is 0 Å². The van der Waals surface area contributed by atoms with Crippen molar-refractivity contribution < 1.29 is 5.11 Å². The SMILES string of the molecule is N=C(Cl)c1sccc1O. The van der Waals surface area contributed by atoms with Crippen molar-refractivity contribution in [1.29, 1.82) is 5.41 Å². The van der Waals surface area contributed by atoms with Crippen LogP contribution in [0.5, 0.6) is 5.75 Å². The van der Waals surface area contributed by atoms with Gasteiger partial charge in [0.25, 0.3) is 0 Å². The van der Waals surface area contributed by atoms with E-state index in [1.54, 1.807) is 5.38 Å². The van der Waals surface area contributed by atoms with Crippen LogP contribution < -0.4 is 0 Å². The quantitative estimate of drug-likeness (QED) is 0.609. The molecule has 0 aliphatic rings. The lowest BCUT2D eigenvalue weighted by atomic mass is 10.4. The molecule has 4 heteroatoms. The van der Waals surface area contributed by atoms with Crippen LogP contribution in [0.25, 0.3) is 0 Å². The molecule has 0 unspecified atom stereocenters. The molecule has 0 saturated carbocycles. The Morgan fingerprint density at radius 2 is 2.44 bits per heavy atom. The molecule has 48 valence electrons. The summed E-state index contributed by atoms with van der Waals surface area (Å²) in [7, 11) is 0. The van der Waals surface area contributed by atoms with Gasteiger partial charge in [-0.05, 0) is 11.4 Å². The van der Waals surface area contributed by atoms with Gasteiger partial charge in [-0.15, -0.1) is 11.3 Å². The van der Waals surface area contributed by atoms with Gasteiger partial charge in [0.1, 0.15) is 15.8 Å². The lowest BCUT2D eigenvalue weighted by Gasteiger charge is -1.87. The maximum Gasteiger partial charge on any atom is 0.141 e. The first-order valence-corrected chi connectivity index (χ1v) is 3.48. The van der Waals surface area contributed by atoms with Gasteiger partial charge in [0.2, 0.25) is 0 Å². The van der Waals surface area contributed by atoms with Gasteiger partial charge >= 0.3 is 0 Å². The third-order valence-electron chi connectivity index (χ3n) is 0.844. The van der Waals surface area contributed by atoms with Gasteiger partial charge < -0.3 is 5.11 Å². The van der Waals surface area contributed by atoms with Gasteiger partial charge in [-0.3, -0.25) is 5.41 Å². The third kappa shape index (κ3) is 1.23. The molecule has 2 N–H and O–H groups in total. The lowest BCUT2D eigenvalue weighted by molar-refractivity contribution is 0.477. The van der Waals surface area contributed by atoms with Crippen molar-refractivity contribution >= 4 is 28.1 Å². The number of hydrogen-bond acceptors (Lipinski definition) is 3. The van der Waals surface area contributed by atoms with E-state index in [-0.39, 0.29) is 10.9 Å². The molecular formula is C5H4ClNOS. The molecule has 0 amide bonds. The summed E-state index contributed by atoms with van der Waals surface area (Å²) < 4.78 is 0. The van der Waals surface area contributed by atoms with Gasteiger partial charge in [-0.2, -0.15) is 0 Å². The molecule has 0 radical (unpaired) electrons. The highest BCUT2D eigenvalue weighted by atomic mass is 35.5. The topological polar surface area (TPSA) is 44.1 Å². The second kappa shape index (κ2) is 2.37. The summed E-state index contributed by atoms with van der Waals surface area (Å²) in [5, 5.41) is 17.4. The maximum absolute atomic E-state index is 8.91. The summed E-state index contributed by atoms with van der Waals surface area (Å²) in [5.74, 6) is 0.0833. The van der Waals surface area contributed by atoms with Gasteiger partial charge in [0.15, 0.2) is 0 Å². The Morgan fingerprint density at radius 3 is 2.67 bits per heavy atom. The minimum atomic E-state index is -0.109. The van der Waals surface area contributed by atoms with Gasteiger partial charge in [-0.25, -0.2) is 0 Å². The van der Waals surface area contributed by atoms with Crippen molar-refractivity contribution in [2.75, 3.05) is 0 Å². The zero-order valence-electron chi connectivity index (χ0n) is 4.39. The molecule has 0 fully saturated rings. The molecule has 0 atom stereocenters. The number of aromatic hydroxyl groups is 1. The smallest absolute Gasteiger partial charge is 0.141 e. The van der Waals surface area contributed by atoms with Crippen LogP contribution in [0.4, 0.5) is 0 Å². The summed E-state index contributed by atoms with van der Waals surface area (Å²) in [6.07, 6.45) is 0. The highest BCUT2D eigenvalue weighted by molar-refractivity contribution is 7.14. The van der Waals surface area contributed by atoms with Crippen LogP contribution >= 0.6 is 22.9 Å². The van der Waals surface area contributed by atoms with E-state index in [9.17, 15) is 0 Å². The first-order chi connectivity index (χ1) is 4.22. The van der Waals surface area contributed by atoms with Crippen molar-refractivity contribution in [3.05, 3.63) is 16.3 Å². The third-order valence-corrected chi connectivity index (χ3v) is 2.07. The average Bonchev–Trinajstić information content (AvgIpc) is 2.13. The predicted molar refractivity (Wildman–Crippen MR) is 38.7 cm³/mol. The second-order valence-corrected chi connectivity index (χ2v) is 2.74. The molecule has 0 aliphatic carbocycles. The van der Waals surface area contributed by atoms with Crippen LogP contribution in [0, 0.1) is 5.41 Å². The molecule has 2 nitrogen and oxygen atoms in total. The fourth-order valence-corrected chi connectivity index (χ4v) is 1.32. The van der Waals surface area contributed by atoms with Crippen LogP contribution in [0.2, 0.25) is 0 Å². The normalized spacial score (nSPS) is 9.44. The number of thiophene rings is 1. The number of nitrogens with one attached hydrogen (secondary N) is 1. The number of hydrogen-bond donors (Lipinski definition) is 2. The van der Waals surface area contributed by atoms with E-state index in [2.05, 4.69) is 0 Å². The Hall–Kier alpha value is -0.540. The molecule has 0 spiro atoms. The lowest BCUT2D eigenvalue weighted by Crippen LogP contribution is -1.80. The molecule has 0 saturated heterocycles. The Morgan fingerprint density at radius 1 is 1.78 bits per heavy atom. The largest absolute Gasteiger partial charge is 0.506 e. The van der Waals surface area contributed by atoms with E-state index in [1.807, 2.05) is 0 Å². The fraction of sp³-hybridized carbons (Fsp3) is 0. The predicted octanol–water partition coefficient (Wildman–Crippen LogP) is 2.02. The molecule has 0 aromatic carbocycles. The van der Waals surface area contributed by atoms with Gasteiger partial charge in [-0.1, -0.05) is 11.6 Å². The van der Waals surface area contributed by atoms with Crippen LogP contribution in [0.15, 0.2) is 11.4 Å². The Kier molecular flexibility index (Phi) is 1.73. The van der Waals surface area contributed by atoms with E-state index >= 15 is 0 Å². The summed E-state index contributed by atoms with van der Waals surface area (Å²) in [6.45, 7) is 0.